The van der Waals surface area contributed by atoms with E-state index >= 15 is 0 Å². The monoisotopic (exact) mass is 477 g/mol. The molecular weight excluding hydrogens is 449 g/mol. The first-order valence-electron chi connectivity index (χ1n) is 11.5. The summed E-state index contributed by atoms with van der Waals surface area (Å²) >= 11 is 6.46. The highest BCUT2D eigenvalue weighted by atomic mass is 35.5. The van der Waals surface area contributed by atoms with Crippen molar-refractivity contribution in [3.8, 4) is 5.75 Å². The van der Waals surface area contributed by atoms with Gasteiger partial charge in [0.05, 0.1) is 12.2 Å². The molecule has 2 aromatic rings. The van der Waals surface area contributed by atoms with Crippen molar-refractivity contribution >= 4 is 17.3 Å². The third kappa shape index (κ3) is 4.33. The van der Waals surface area contributed by atoms with E-state index in [1.54, 1.807) is 18.2 Å². The summed E-state index contributed by atoms with van der Waals surface area (Å²) in [6.07, 6.45) is -1.46. The summed E-state index contributed by atoms with van der Waals surface area (Å²) in [7, 11) is 0. The van der Waals surface area contributed by atoms with Crippen LogP contribution in [0, 0.1) is 0 Å². The summed E-state index contributed by atoms with van der Waals surface area (Å²) in [4.78, 5) is 0. The van der Waals surface area contributed by atoms with Gasteiger partial charge in [-0.2, -0.15) is 0 Å². The van der Waals surface area contributed by atoms with Gasteiger partial charge in [0, 0.05) is 5.02 Å². The molecule has 1 spiro atoms. The molecular formula is C25H29ClFNO5. The lowest BCUT2D eigenvalue weighted by Gasteiger charge is -2.40. The molecule has 5 rings (SSSR count). The Labute approximate surface area is 197 Å². The van der Waals surface area contributed by atoms with Crippen LogP contribution >= 0.6 is 11.6 Å². The van der Waals surface area contributed by atoms with E-state index in [2.05, 4.69) is 11.4 Å². The Morgan fingerprint density at radius 3 is 2.58 bits per heavy atom. The van der Waals surface area contributed by atoms with Gasteiger partial charge in [-0.1, -0.05) is 29.8 Å². The number of halogens is 2. The van der Waals surface area contributed by atoms with Crippen LogP contribution in [0.3, 0.4) is 0 Å². The second-order valence-corrected chi connectivity index (χ2v) is 9.83. The van der Waals surface area contributed by atoms with E-state index in [-0.39, 0.29) is 5.60 Å². The van der Waals surface area contributed by atoms with Crippen molar-refractivity contribution < 1.29 is 29.2 Å². The van der Waals surface area contributed by atoms with Crippen LogP contribution in [0.1, 0.15) is 48.5 Å². The number of hydrogen-bond acceptors (Lipinski definition) is 6. The minimum Gasteiger partial charge on any atom is -0.483 e. The Hall–Kier alpha value is -1.90. The van der Waals surface area contributed by atoms with E-state index in [0.29, 0.717) is 17.0 Å². The zero-order valence-electron chi connectivity index (χ0n) is 18.2. The molecule has 5 atom stereocenters. The summed E-state index contributed by atoms with van der Waals surface area (Å²) in [6, 6.07) is 11.3. The molecule has 2 aromatic carbocycles. The smallest absolute Gasteiger partial charge is 0.143 e. The maximum absolute atomic E-state index is 13.3. The minimum atomic E-state index is -1.50. The Balaban J connectivity index is 1.36. The largest absolute Gasteiger partial charge is 0.483 e. The summed E-state index contributed by atoms with van der Waals surface area (Å²) in [5.41, 5.74) is 3.29. The quantitative estimate of drug-likeness (QED) is 0.538. The number of hydrogen-bond donors (Lipinski definition) is 4. The number of alkyl halides is 1. The lowest BCUT2D eigenvalue weighted by atomic mass is 9.90. The van der Waals surface area contributed by atoms with Crippen molar-refractivity contribution in [2.45, 2.75) is 68.2 Å². The van der Waals surface area contributed by atoms with Crippen LogP contribution < -0.4 is 10.1 Å². The maximum atomic E-state index is 13.3. The molecule has 0 radical (unpaired) electrons. The predicted molar refractivity (Wildman–Crippen MR) is 123 cm³/mol. The van der Waals surface area contributed by atoms with Gasteiger partial charge in [-0.3, -0.25) is 0 Å². The fourth-order valence-corrected chi connectivity index (χ4v) is 5.40. The van der Waals surface area contributed by atoms with Crippen LogP contribution in [0.5, 0.6) is 5.75 Å². The standard InChI is InChI=1S/C25H29ClFNO5/c26-17-5-4-15(24-23(31)22(30)21(29)20(12-27)32-24)11-16(17)9-14-3-6-19-18(10-14)28-13-25(33-19)7-1-2-8-25/h3-6,10-11,20-24,28-31H,1-2,7-9,12-13H2/t20-,21-,22+,23-,24+/m1/s1. The van der Waals surface area contributed by atoms with E-state index < -0.39 is 37.2 Å². The fraction of sp³-hybridized carbons (Fsp3) is 0.520. The average molecular weight is 478 g/mol. The molecule has 1 saturated heterocycles. The molecule has 33 heavy (non-hydrogen) atoms. The molecule has 2 aliphatic heterocycles. The lowest BCUT2D eigenvalue weighted by molar-refractivity contribution is -0.227. The van der Waals surface area contributed by atoms with Gasteiger partial charge >= 0.3 is 0 Å². The fourth-order valence-electron chi connectivity index (χ4n) is 5.22. The molecule has 4 N–H and O–H groups in total. The molecule has 2 heterocycles. The molecule has 1 saturated carbocycles. The third-order valence-corrected chi connectivity index (χ3v) is 7.51. The Morgan fingerprint density at radius 1 is 1.03 bits per heavy atom. The van der Waals surface area contributed by atoms with Crippen molar-refractivity contribution in [1.82, 2.24) is 0 Å². The Morgan fingerprint density at radius 2 is 1.82 bits per heavy atom. The zero-order valence-corrected chi connectivity index (χ0v) is 19.0. The normalized spacial score (nSPS) is 30.5. The number of fused-ring (bicyclic) bond motifs is 1. The van der Waals surface area contributed by atoms with Crippen molar-refractivity contribution in [2.75, 3.05) is 18.5 Å². The SMILES string of the molecule is O[C@@H]1[C@@H](O)[C@H](c2ccc(Cl)c(Cc3ccc4c(c3)NCC3(CCCC3)O4)c2)O[C@H](CF)[C@H]1O. The Bertz CT molecular complexity index is 1010. The van der Waals surface area contributed by atoms with Crippen LogP contribution in [0.2, 0.25) is 5.02 Å². The second-order valence-electron chi connectivity index (χ2n) is 9.43. The van der Waals surface area contributed by atoms with E-state index in [9.17, 15) is 19.7 Å². The number of aliphatic hydroxyl groups excluding tert-OH is 3. The lowest BCUT2D eigenvalue weighted by Crippen LogP contribution is -2.54. The van der Waals surface area contributed by atoms with Gasteiger partial charge in [0.2, 0.25) is 0 Å². The van der Waals surface area contributed by atoms with E-state index in [1.807, 2.05) is 12.1 Å². The van der Waals surface area contributed by atoms with Crippen molar-refractivity contribution in [3.05, 3.63) is 58.1 Å². The van der Waals surface area contributed by atoms with E-state index in [0.717, 1.165) is 42.0 Å². The average Bonchev–Trinajstić information content (AvgIpc) is 3.27. The molecule has 178 valence electrons. The van der Waals surface area contributed by atoms with Crippen LogP contribution in [0.15, 0.2) is 36.4 Å². The van der Waals surface area contributed by atoms with Gasteiger partial charge < -0.3 is 30.1 Å². The predicted octanol–water partition coefficient (Wildman–Crippen LogP) is 3.54. The highest BCUT2D eigenvalue weighted by Gasteiger charge is 2.44. The molecule has 2 fully saturated rings. The molecule has 0 aromatic heterocycles. The molecule has 3 aliphatic rings. The first-order valence-corrected chi connectivity index (χ1v) is 11.9. The summed E-state index contributed by atoms with van der Waals surface area (Å²) in [5, 5.41) is 34.6. The van der Waals surface area contributed by atoms with Gasteiger partial charge in [0.15, 0.2) is 0 Å². The molecule has 0 unspecified atom stereocenters. The first-order chi connectivity index (χ1) is 15.9. The number of ether oxygens (including phenoxy) is 2. The summed E-state index contributed by atoms with van der Waals surface area (Å²) in [6.45, 7) is -0.159. The summed E-state index contributed by atoms with van der Waals surface area (Å²) in [5.74, 6) is 0.871. The number of aliphatic hydroxyl groups is 3. The van der Waals surface area contributed by atoms with Gasteiger partial charge in [0.25, 0.3) is 0 Å². The van der Waals surface area contributed by atoms with Gasteiger partial charge in [-0.25, -0.2) is 4.39 Å². The second kappa shape index (κ2) is 9.04. The molecule has 8 heteroatoms. The van der Waals surface area contributed by atoms with Crippen molar-refractivity contribution in [3.63, 3.8) is 0 Å². The van der Waals surface area contributed by atoms with Crippen molar-refractivity contribution in [2.24, 2.45) is 0 Å². The topological polar surface area (TPSA) is 91.2 Å². The Kier molecular flexibility index (Phi) is 6.27. The van der Waals surface area contributed by atoms with Crippen LogP contribution in [0.25, 0.3) is 0 Å². The molecule has 6 nitrogen and oxygen atoms in total. The van der Waals surface area contributed by atoms with Gasteiger partial charge in [0.1, 0.15) is 48.5 Å². The van der Waals surface area contributed by atoms with Crippen LogP contribution in [-0.2, 0) is 11.2 Å². The van der Waals surface area contributed by atoms with Gasteiger partial charge in [-0.15, -0.1) is 0 Å². The minimum absolute atomic E-state index is 0.0808. The van der Waals surface area contributed by atoms with E-state index in [4.69, 9.17) is 21.1 Å². The zero-order chi connectivity index (χ0) is 23.2. The first kappa shape index (κ1) is 22.9. The van der Waals surface area contributed by atoms with Crippen LogP contribution in [-0.4, -0.2) is 58.6 Å². The molecule has 0 bridgehead atoms. The number of nitrogens with one attached hydrogen (secondary N) is 1. The summed E-state index contributed by atoms with van der Waals surface area (Å²) < 4.78 is 25.2. The third-order valence-electron chi connectivity index (χ3n) is 7.14. The number of benzene rings is 2. The maximum Gasteiger partial charge on any atom is 0.143 e. The number of anilines is 1. The highest BCUT2D eigenvalue weighted by molar-refractivity contribution is 6.31. The van der Waals surface area contributed by atoms with Crippen molar-refractivity contribution in [1.29, 1.82) is 0 Å². The van der Waals surface area contributed by atoms with Gasteiger partial charge in [-0.05, 0) is 67.0 Å². The number of rotatable bonds is 4. The van der Waals surface area contributed by atoms with E-state index in [1.165, 1.54) is 12.8 Å². The molecule has 1 aliphatic carbocycles. The highest BCUT2D eigenvalue weighted by Crippen LogP contribution is 2.42. The molecule has 0 amide bonds. The van der Waals surface area contributed by atoms with Crippen LogP contribution in [0.4, 0.5) is 10.1 Å².